The van der Waals surface area contributed by atoms with Gasteiger partial charge in [-0.05, 0) is 43.5 Å². The average molecular weight is 277 g/mol. The van der Waals surface area contributed by atoms with E-state index in [-0.39, 0.29) is 0 Å². The van der Waals surface area contributed by atoms with Crippen LogP contribution >= 0.6 is 11.8 Å². The van der Waals surface area contributed by atoms with Crippen molar-refractivity contribution in [3.63, 3.8) is 0 Å². The fourth-order valence-corrected chi connectivity index (χ4v) is 2.73. The summed E-state index contributed by atoms with van der Waals surface area (Å²) in [4.78, 5) is 0.615. The standard InChI is InChI=1S/C13H18F3NS/c1-4-11(17)12(13(14,15)16)18-10-6-5-8(2)9(3)7-10/h5-7,11-12H,4,17H2,1-3H3. The van der Waals surface area contributed by atoms with Crippen LogP contribution in [0, 0.1) is 13.8 Å². The molecule has 2 N–H and O–H groups in total. The van der Waals surface area contributed by atoms with Crippen LogP contribution in [0.3, 0.4) is 0 Å². The zero-order valence-corrected chi connectivity index (χ0v) is 11.5. The molecule has 1 aromatic rings. The first-order valence-electron chi connectivity index (χ1n) is 5.82. The zero-order chi connectivity index (χ0) is 13.9. The molecule has 0 radical (unpaired) electrons. The quantitative estimate of drug-likeness (QED) is 0.840. The van der Waals surface area contributed by atoms with E-state index in [4.69, 9.17) is 5.73 Å². The van der Waals surface area contributed by atoms with Crippen LogP contribution in [0.25, 0.3) is 0 Å². The lowest BCUT2D eigenvalue weighted by Crippen LogP contribution is -2.42. The summed E-state index contributed by atoms with van der Waals surface area (Å²) in [7, 11) is 0. The van der Waals surface area contributed by atoms with E-state index in [0.717, 1.165) is 22.9 Å². The van der Waals surface area contributed by atoms with E-state index >= 15 is 0 Å². The maximum absolute atomic E-state index is 12.9. The van der Waals surface area contributed by atoms with Gasteiger partial charge in [-0.1, -0.05) is 13.0 Å². The van der Waals surface area contributed by atoms with Gasteiger partial charge in [0.15, 0.2) is 0 Å². The highest BCUT2D eigenvalue weighted by Crippen LogP contribution is 2.37. The summed E-state index contributed by atoms with van der Waals surface area (Å²) in [6.07, 6.45) is -3.97. The lowest BCUT2D eigenvalue weighted by Gasteiger charge is -2.25. The van der Waals surface area contributed by atoms with Gasteiger partial charge in [0.1, 0.15) is 5.25 Å². The molecule has 18 heavy (non-hydrogen) atoms. The molecule has 0 aliphatic rings. The average Bonchev–Trinajstić information content (AvgIpc) is 2.28. The highest BCUT2D eigenvalue weighted by atomic mass is 32.2. The lowest BCUT2D eigenvalue weighted by molar-refractivity contribution is -0.132. The Hall–Kier alpha value is -0.680. The molecule has 0 bridgehead atoms. The molecule has 0 saturated heterocycles. The number of halogens is 3. The molecule has 0 saturated carbocycles. The van der Waals surface area contributed by atoms with Gasteiger partial charge < -0.3 is 5.73 Å². The van der Waals surface area contributed by atoms with Crippen LogP contribution in [0.1, 0.15) is 24.5 Å². The Kier molecular flexibility index (Phi) is 5.10. The highest BCUT2D eigenvalue weighted by molar-refractivity contribution is 8.00. The smallest absolute Gasteiger partial charge is 0.326 e. The normalized spacial score (nSPS) is 15.5. The third-order valence-corrected chi connectivity index (χ3v) is 4.32. The summed E-state index contributed by atoms with van der Waals surface area (Å²) < 4.78 is 38.8. The summed E-state index contributed by atoms with van der Waals surface area (Å²) in [5.41, 5.74) is 7.64. The molecular formula is C13H18F3NS. The molecule has 1 aromatic carbocycles. The zero-order valence-electron chi connectivity index (χ0n) is 10.7. The summed E-state index contributed by atoms with van der Waals surface area (Å²) >= 11 is 0.801. The van der Waals surface area contributed by atoms with Crippen molar-refractivity contribution in [2.24, 2.45) is 5.73 Å². The number of hydrogen-bond donors (Lipinski definition) is 1. The van der Waals surface area contributed by atoms with E-state index < -0.39 is 17.5 Å². The molecule has 0 fully saturated rings. The SMILES string of the molecule is CCC(N)C(Sc1ccc(C)c(C)c1)C(F)(F)F. The highest BCUT2D eigenvalue weighted by Gasteiger charge is 2.43. The molecule has 5 heteroatoms. The molecule has 0 spiro atoms. The Morgan fingerprint density at radius 3 is 2.28 bits per heavy atom. The first-order chi connectivity index (χ1) is 8.25. The Morgan fingerprint density at radius 2 is 1.83 bits per heavy atom. The summed E-state index contributed by atoms with van der Waals surface area (Å²) in [5, 5.41) is -1.55. The van der Waals surface area contributed by atoms with Crippen molar-refractivity contribution in [3.05, 3.63) is 29.3 Å². The minimum Gasteiger partial charge on any atom is -0.326 e. The van der Waals surface area contributed by atoms with Crippen molar-refractivity contribution in [1.82, 2.24) is 0 Å². The van der Waals surface area contributed by atoms with Gasteiger partial charge in [0.05, 0.1) is 0 Å². The van der Waals surface area contributed by atoms with E-state index in [1.807, 2.05) is 19.9 Å². The fourth-order valence-electron chi connectivity index (χ4n) is 1.54. The molecule has 0 aliphatic heterocycles. The van der Waals surface area contributed by atoms with Crippen LogP contribution in [0.15, 0.2) is 23.1 Å². The molecule has 0 heterocycles. The lowest BCUT2D eigenvalue weighted by atomic mass is 10.1. The van der Waals surface area contributed by atoms with Crippen LogP contribution in [-0.4, -0.2) is 17.5 Å². The van der Waals surface area contributed by atoms with E-state index in [1.165, 1.54) is 0 Å². The van der Waals surface area contributed by atoms with Gasteiger partial charge in [-0.3, -0.25) is 0 Å². The summed E-state index contributed by atoms with van der Waals surface area (Å²) in [6.45, 7) is 5.49. The molecule has 0 amide bonds. The van der Waals surface area contributed by atoms with Crippen molar-refractivity contribution in [2.45, 2.75) is 49.6 Å². The van der Waals surface area contributed by atoms with Crippen LogP contribution in [-0.2, 0) is 0 Å². The summed E-state index contributed by atoms with van der Waals surface area (Å²) in [5.74, 6) is 0. The maximum Gasteiger partial charge on any atom is 0.402 e. The summed E-state index contributed by atoms with van der Waals surface area (Å²) in [6, 6.07) is 4.45. The third kappa shape index (κ3) is 3.92. The van der Waals surface area contributed by atoms with E-state index in [0.29, 0.717) is 11.3 Å². The van der Waals surface area contributed by atoms with Crippen LogP contribution < -0.4 is 5.73 Å². The van der Waals surface area contributed by atoms with Crippen molar-refractivity contribution in [3.8, 4) is 0 Å². The molecule has 1 rings (SSSR count). The number of aryl methyl sites for hydroxylation is 2. The first-order valence-corrected chi connectivity index (χ1v) is 6.70. The predicted molar refractivity (Wildman–Crippen MR) is 69.9 cm³/mol. The van der Waals surface area contributed by atoms with Crippen molar-refractivity contribution >= 4 is 11.8 Å². The van der Waals surface area contributed by atoms with Crippen LogP contribution in [0.2, 0.25) is 0 Å². The van der Waals surface area contributed by atoms with Gasteiger partial charge in [-0.15, -0.1) is 11.8 Å². The van der Waals surface area contributed by atoms with Crippen molar-refractivity contribution in [1.29, 1.82) is 0 Å². The largest absolute Gasteiger partial charge is 0.402 e. The third-order valence-electron chi connectivity index (χ3n) is 2.92. The monoisotopic (exact) mass is 277 g/mol. The van der Waals surface area contributed by atoms with E-state index in [2.05, 4.69) is 0 Å². The fraction of sp³-hybridized carbons (Fsp3) is 0.538. The number of rotatable bonds is 4. The topological polar surface area (TPSA) is 26.0 Å². The molecule has 2 atom stereocenters. The Labute approximate surface area is 110 Å². The van der Waals surface area contributed by atoms with Gasteiger partial charge in [0.25, 0.3) is 0 Å². The molecular weight excluding hydrogens is 259 g/mol. The van der Waals surface area contributed by atoms with Crippen molar-refractivity contribution in [2.75, 3.05) is 0 Å². The number of hydrogen-bond acceptors (Lipinski definition) is 2. The molecule has 2 unspecified atom stereocenters. The minimum absolute atomic E-state index is 0.308. The number of alkyl halides is 3. The Morgan fingerprint density at radius 1 is 1.22 bits per heavy atom. The molecule has 0 aliphatic carbocycles. The van der Waals surface area contributed by atoms with Gasteiger partial charge in [0.2, 0.25) is 0 Å². The number of thioether (sulfide) groups is 1. The molecule has 102 valence electrons. The predicted octanol–water partition coefficient (Wildman–Crippen LogP) is 4.06. The Bertz CT molecular complexity index is 404. The second-order valence-electron chi connectivity index (χ2n) is 4.40. The molecule has 1 nitrogen and oxygen atoms in total. The van der Waals surface area contributed by atoms with Gasteiger partial charge in [-0.25, -0.2) is 0 Å². The van der Waals surface area contributed by atoms with Gasteiger partial charge in [0, 0.05) is 10.9 Å². The van der Waals surface area contributed by atoms with E-state index in [1.54, 1.807) is 19.1 Å². The van der Waals surface area contributed by atoms with Crippen LogP contribution in [0.4, 0.5) is 13.2 Å². The first kappa shape index (κ1) is 15.4. The minimum atomic E-state index is -4.28. The number of benzene rings is 1. The Balaban J connectivity index is 2.93. The molecule has 0 aromatic heterocycles. The number of nitrogens with two attached hydrogens (primary N) is 1. The van der Waals surface area contributed by atoms with E-state index in [9.17, 15) is 13.2 Å². The second-order valence-corrected chi connectivity index (χ2v) is 5.61. The van der Waals surface area contributed by atoms with Gasteiger partial charge in [-0.2, -0.15) is 13.2 Å². The van der Waals surface area contributed by atoms with Crippen LogP contribution in [0.5, 0.6) is 0 Å². The van der Waals surface area contributed by atoms with Gasteiger partial charge >= 0.3 is 6.18 Å². The maximum atomic E-state index is 12.9. The van der Waals surface area contributed by atoms with Crippen molar-refractivity contribution < 1.29 is 13.2 Å². The second kappa shape index (κ2) is 5.97.